The molecule has 3 heterocycles. The zero-order valence-electron chi connectivity index (χ0n) is 22.7. The van der Waals surface area contributed by atoms with Crippen LogP contribution in [0.3, 0.4) is 0 Å². The van der Waals surface area contributed by atoms with Crippen LogP contribution in [0.4, 0.5) is 0 Å². The van der Waals surface area contributed by atoms with Gasteiger partial charge in [-0.1, -0.05) is 60.1 Å². The van der Waals surface area contributed by atoms with E-state index < -0.39 is 0 Å². The van der Waals surface area contributed by atoms with Gasteiger partial charge >= 0.3 is 0 Å². The number of aliphatic imine (C=N–C) groups is 1. The summed E-state index contributed by atoms with van der Waals surface area (Å²) in [5.74, 6) is -0.0118. The first kappa shape index (κ1) is 27.8. The van der Waals surface area contributed by atoms with Gasteiger partial charge in [-0.2, -0.15) is 10.1 Å². The second-order valence-electron chi connectivity index (χ2n) is 10.1. The van der Waals surface area contributed by atoms with E-state index in [1.807, 2.05) is 91.1 Å². The van der Waals surface area contributed by atoms with Crippen LogP contribution in [0.1, 0.15) is 24.0 Å². The number of piperidine rings is 1. The smallest absolute Gasteiger partial charge is 0.286 e. The molecule has 2 aliphatic rings. The normalized spacial score (nSPS) is 16.6. The lowest BCUT2D eigenvalue weighted by atomic mass is 9.97. The maximum atomic E-state index is 13.0. The number of nitrogens with zero attached hydrogens (tertiary/aromatic N) is 4. The summed E-state index contributed by atoms with van der Waals surface area (Å²) < 4.78 is 7.88. The number of likely N-dealkylation sites (tertiary alicyclic amines) is 1. The number of amides is 2. The molecule has 2 N–H and O–H groups in total. The third-order valence-electron chi connectivity index (χ3n) is 7.29. The molecule has 2 amide bonds. The molecule has 0 spiro atoms. The van der Waals surface area contributed by atoms with Gasteiger partial charge in [0.25, 0.3) is 5.91 Å². The van der Waals surface area contributed by atoms with Crippen molar-refractivity contribution in [2.24, 2.45) is 16.6 Å². The fourth-order valence-electron chi connectivity index (χ4n) is 4.97. The number of carbonyl (C=O) groups is 2. The molecular formula is C32H28ClN5O3S. The van der Waals surface area contributed by atoms with E-state index in [0.29, 0.717) is 59.1 Å². The maximum Gasteiger partial charge on any atom is 0.286 e. The predicted octanol–water partition coefficient (Wildman–Crippen LogP) is 5.94. The van der Waals surface area contributed by atoms with Crippen LogP contribution in [-0.2, 0) is 16.2 Å². The van der Waals surface area contributed by atoms with Gasteiger partial charge in [-0.3, -0.25) is 9.59 Å². The first-order valence-corrected chi connectivity index (χ1v) is 14.8. The molecule has 0 aliphatic carbocycles. The van der Waals surface area contributed by atoms with E-state index in [1.165, 1.54) is 11.8 Å². The van der Waals surface area contributed by atoms with Gasteiger partial charge in [0, 0.05) is 46.9 Å². The highest BCUT2D eigenvalue weighted by atomic mass is 35.5. The van der Waals surface area contributed by atoms with E-state index >= 15 is 0 Å². The summed E-state index contributed by atoms with van der Waals surface area (Å²) in [5, 5.41) is 6.22. The maximum absolute atomic E-state index is 13.0. The van der Waals surface area contributed by atoms with Gasteiger partial charge in [0.1, 0.15) is 18.1 Å². The number of thioether (sulfide) groups is 1. The monoisotopic (exact) mass is 597 g/mol. The predicted molar refractivity (Wildman–Crippen MR) is 166 cm³/mol. The Hall–Kier alpha value is -4.34. The van der Waals surface area contributed by atoms with Gasteiger partial charge in [0.05, 0.1) is 10.6 Å². The number of ether oxygens (including phenoxy) is 1. The van der Waals surface area contributed by atoms with E-state index in [2.05, 4.69) is 9.89 Å². The average molecular weight is 598 g/mol. The lowest BCUT2D eigenvalue weighted by molar-refractivity contribution is -0.123. The molecule has 3 aromatic carbocycles. The number of hydrogen-bond donors (Lipinski definition) is 1. The summed E-state index contributed by atoms with van der Waals surface area (Å²) in [6.07, 6.45) is 5.08. The summed E-state index contributed by atoms with van der Waals surface area (Å²) in [4.78, 5) is 31.5. The Balaban J connectivity index is 1.28. The molecule has 0 radical (unpaired) electrons. The number of carbonyl (C=O) groups excluding carboxylic acids is 2. The summed E-state index contributed by atoms with van der Waals surface area (Å²) in [6.45, 7) is 1.61. The quantitative estimate of drug-likeness (QED) is 0.265. The minimum atomic E-state index is -0.290. The first-order valence-electron chi connectivity index (χ1n) is 13.6. The largest absolute Gasteiger partial charge is 0.489 e. The molecule has 0 atom stereocenters. The average Bonchev–Trinajstić information content (AvgIpc) is 3.61. The van der Waals surface area contributed by atoms with Crippen LogP contribution in [0.2, 0.25) is 5.02 Å². The van der Waals surface area contributed by atoms with Crippen molar-refractivity contribution in [1.82, 2.24) is 14.7 Å². The van der Waals surface area contributed by atoms with Crippen LogP contribution in [0.25, 0.3) is 23.0 Å². The van der Waals surface area contributed by atoms with Crippen LogP contribution in [0, 0.1) is 5.92 Å². The van der Waals surface area contributed by atoms with Crippen molar-refractivity contribution in [3.63, 3.8) is 0 Å². The number of hydrogen-bond acceptors (Lipinski definition) is 6. The molecule has 212 valence electrons. The number of amidine groups is 1. The molecule has 0 bridgehead atoms. The fourth-order valence-corrected chi connectivity index (χ4v) is 6.12. The van der Waals surface area contributed by atoms with Crippen molar-refractivity contribution in [2.45, 2.75) is 19.4 Å². The van der Waals surface area contributed by atoms with Gasteiger partial charge in [0.15, 0.2) is 5.17 Å². The van der Waals surface area contributed by atoms with Crippen LogP contribution in [-0.4, -0.2) is 44.8 Å². The Labute approximate surface area is 252 Å². The van der Waals surface area contributed by atoms with Crippen molar-refractivity contribution < 1.29 is 14.3 Å². The molecular weight excluding hydrogens is 570 g/mol. The second kappa shape index (κ2) is 12.3. The molecule has 4 aromatic rings. The SMILES string of the molecule is NC(=O)C1CCN(C2=NC(=O)C(=Cc3cn(-c4ccccc4)nc3-c3cccc(OCc4ccccc4Cl)c3)S2)CC1. The highest BCUT2D eigenvalue weighted by molar-refractivity contribution is 8.18. The van der Waals surface area contributed by atoms with E-state index in [4.69, 9.17) is 27.2 Å². The number of primary amides is 1. The van der Waals surface area contributed by atoms with Gasteiger partial charge in [-0.25, -0.2) is 4.68 Å². The lowest BCUT2D eigenvalue weighted by Crippen LogP contribution is -2.40. The molecule has 0 saturated carbocycles. The van der Waals surface area contributed by atoms with Crippen molar-refractivity contribution in [2.75, 3.05) is 13.1 Å². The molecule has 2 aliphatic heterocycles. The third kappa shape index (κ3) is 6.12. The van der Waals surface area contributed by atoms with Crippen molar-refractivity contribution in [1.29, 1.82) is 0 Å². The summed E-state index contributed by atoms with van der Waals surface area (Å²) in [6, 6.07) is 25.1. The van der Waals surface area contributed by atoms with Crippen molar-refractivity contribution in [3.8, 4) is 22.7 Å². The van der Waals surface area contributed by atoms with E-state index in [0.717, 1.165) is 22.4 Å². The minimum absolute atomic E-state index is 0.130. The molecule has 1 fully saturated rings. The summed E-state index contributed by atoms with van der Waals surface area (Å²) in [5.41, 5.74) is 9.61. The number of para-hydroxylation sites is 1. The lowest BCUT2D eigenvalue weighted by Gasteiger charge is -2.31. The Kier molecular flexibility index (Phi) is 8.12. The summed E-state index contributed by atoms with van der Waals surface area (Å²) >= 11 is 7.66. The Morgan fingerprint density at radius 2 is 1.81 bits per heavy atom. The zero-order chi connectivity index (χ0) is 29.1. The zero-order valence-corrected chi connectivity index (χ0v) is 24.2. The Bertz CT molecular complexity index is 1690. The summed E-state index contributed by atoms with van der Waals surface area (Å²) in [7, 11) is 0. The van der Waals surface area contributed by atoms with Gasteiger partial charge < -0.3 is 15.4 Å². The van der Waals surface area contributed by atoms with Crippen molar-refractivity contribution >= 4 is 46.4 Å². The number of nitrogens with two attached hydrogens (primary N) is 1. The minimum Gasteiger partial charge on any atom is -0.489 e. The second-order valence-corrected chi connectivity index (χ2v) is 11.5. The number of rotatable bonds is 7. The molecule has 1 saturated heterocycles. The van der Waals surface area contributed by atoms with Gasteiger partial charge in [-0.05, 0) is 61.0 Å². The van der Waals surface area contributed by atoms with E-state index in [1.54, 1.807) is 4.68 Å². The molecule has 42 heavy (non-hydrogen) atoms. The van der Waals surface area contributed by atoms with Crippen LogP contribution >= 0.6 is 23.4 Å². The molecule has 1 aromatic heterocycles. The van der Waals surface area contributed by atoms with Crippen molar-refractivity contribution in [3.05, 3.63) is 106 Å². The molecule has 10 heteroatoms. The third-order valence-corrected chi connectivity index (χ3v) is 8.70. The standard InChI is InChI=1S/C32H28ClN5O3S/c33-27-12-5-4-7-23(27)20-41-26-11-6-8-22(17-26)29-24(19-38(36-29)25-9-2-1-3-10-25)18-28-31(40)35-32(42-28)37-15-13-21(14-16-37)30(34)39/h1-12,17-19,21H,13-16,20H2,(H2,34,39). The number of aromatic nitrogens is 2. The fraction of sp³-hybridized carbons (Fsp3) is 0.188. The highest BCUT2D eigenvalue weighted by Gasteiger charge is 2.31. The Morgan fingerprint density at radius 1 is 1.05 bits per heavy atom. The van der Waals surface area contributed by atoms with Crippen LogP contribution < -0.4 is 10.5 Å². The molecule has 0 unspecified atom stereocenters. The first-order chi connectivity index (χ1) is 20.4. The highest BCUT2D eigenvalue weighted by Crippen LogP contribution is 2.35. The van der Waals surface area contributed by atoms with Crippen LogP contribution in [0.15, 0.2) is 95.0 Å². The Morgan fingerprint density at radius 3 is 2.57 bits per heavy atom. The topological polar surface area (TPSA) is 103 Å². The van der Waals surface area contributed by atoms with Crippen LogP contribution in [0.5, 0.6) is 5.75 Å². The molecule has 8 nitrogen and oxygen atoms in total. The number of benzene rings is 3. The van der Waals surface area contributed by atoms with E-state index in [9.17, 15) is 9.59 Å². The van der Waals surface area contributed by atoms with Gasteiger partial charge in [-0.15, -0.1) is 0 Å². The molecule has 6 rings (SSSR count). The number of halogens is 1. The van der Waals surface area contributed by atoms with E-state index in [-0.39, 0.29) is 17.7 Å². The van der Waals surface area contributed by atoms with Gasteiger partial charge in [0.2, 0.25) is 5.91 Å².